The normalized spacial score (nSPS) is 20.9. The summed E-state index contributed by atoms with van der Waals surface area (Å²) in [5, 5.41) is 10.1. The van der Waals surface area contributed by atoms with E-state index in [0.717, 1.165) is 102 Å². The molecule has 3 saturated heterocycles. The van der Waals surface area contributed by atoms with Gasteiger partial charge in [0.2, 0.25) is 23.6 Å². The second kappa shape index (κ2) is 13.8. The number of aromatic nitrogens is 3. The molecule has 0 radical (unpaired) electrons. The van der Waals surface area contributed by atoms with Gasteiger partial charge in [0.25, 0.3) is 11.8 Å². The molecule has 11 rings (SSSR count). The van der Waals surface area contributed by atoms with Gasteiger partial charge < -0.3 is 20.3 Å². The fraction of sp³-hybridized carbons (Fsp3) is 0.341. The highest BCUT2D eigenvalue weighted by Crippen LogP contribution is 2.37. The van der Waals surface area contributed by atoms with Gasteiger partial charge in [-0.05, 0) is 78.4 Å². The van der Waals surface area contributed by atoms with Crippen LogP contribution in [0.3, 0.4) is 0 Å². The van der Waals surface area contributed by atoms with E-state index in [1.807, 2.05) is 18.5 Å². The molecule has 1 unspecified atom stereocenters. The second-order valence-electron chi connectivity index (χ2n) is 16.4. The van der Waals surface area contributed by atoms with Gasteiger partial charge >= 0.3 is 0 Å². The predicted molar refractivity (Wildman–Crippen MR) is 220 cm³/mol. The van der Waals surface area contributed by atoms with E-state index in [9.17, 15) is 19.2 Å². The van der Waals surface area contributed by atoms with Crippen molar-refractivity contribution in [3.63, 3.8) is 0 Å². The van der Waals surface area contributed by atoms with Crippen LogP contribution in [0.25, 0.3) is 22.0 Å². The minimum absolute atomic E-state index is 0.0993. The minimum atomic E-state index is -0.963. The van der Waals surface area contributed by atoms with Crippen LogP contribution in [0.1, 0.15) is 50.2 Å². The topological polar surface area (TPSA) is 165 Å². The van der Waals surface area contributed by atoms with Gasteiger partial charge in [0.1, 0.15) is 18.3 Å². The van der Waals surface area contributed by atoms with Gasteiger partial charge in [-0.1, -0.05) is 18.2 Å². The Morgan fingerprint density at radius 1 is 0.814 bits per heavy atom. The lowest BCUT2D eigenvalue weighted by Crippen LogP contribution is -2.70. The van der Waals surface area contributed by atoms with Crippen molar-refractivity contribution >= 4 is 57.5 Å². The maximum absolute atomic E-state index is 13.3. The number of carbonyl (C=O) groups excluding carboxylic acids is 4. The smallest absolute Gasteiger partial charge is 0.262 e. The fourth-order valence-electron chi connectivity index (χ4n) is 9.43. The standard InChI is InChI=1S/C44H42N10O5/c1-24-35(18-46-41-39(24)45-11-13-59-41)26-2-3-27-17-47-44(49-36(27)15-26)48-29-5-4-28-19-51(12-10-25(28)14-29)31-20-53(21-31)32-22-52(23-32)30-6-7-33-34(16-30)43(58)54(42(33)57)37-8-9-38(55)50-40(37)56/h2-7,14-18,31-32,37,45H,8-13,19-23H2,1H3,(H,47,48,49)(H,50,55,56). The molecule has 3 N–H and O–H groups in total. The van der Waals surface area contributed by atoms with Gasteiger partial charge in [-0.2, -0.15) is 0 Å². The van der Waals surface area contributed by atoms with Crippen LogP contribution in [0.2, 0.25) is 0 Å². The van der Waals surface area contributed by atoms with Crippen LogP contribution < -0.4 is 25.6 Å². The number of anilines is 4. The van der Waals surface area contributed by atoms with Crippen molar-refractivity contribution in [1.82, 2.24) is 35.0 Å². The molecule has 0 bridgehead atoms. The number of likely N-dealkylation sites (tertiary alicyclic amines) is 1. The minimum Gasteiger partial charge on any atom is -0.474 e. The Bertz CT molecular complexity index is 2620. The van der Waals surface area contributed by atoms with Crippen LogP contribution in [0, 0.1) is 6.92 Å². The van der Waals surface area contributed by atoms with Crippen molar-refractivity contribution < 1.29 is 23.9 Å². The van der Waals surface area contributed by atoms with E-state index < -0.39 is 23.8 Å². The molecule has 1 atom stereocenters. The Morgan fingerprint density at radius 3 is 2.53 bits per heavy atom. The summed E-state index contributed by atoms with van der Waals surface area (Å²) in [6, 6.07) is 18.1. The van der Waals surface area contributed by atoms with Gasteiger partial charge in [0.15, 0.2) is 0 Å². The second-order valence-corrected chi connectivity index (χ2v) is 16.4. The number of fused-ring (bicyclic) bond motifs is 4. The molecule has 15 nitrogen and oxygen atoms in total. The van der Waals surface area contributed by atoms with Crippen molar-refractivity contribution in [3.8, 4) is 17.0 Å². The lowest BCUT2D eigenvalue weighted by atomic mass is 9.93. The number of rotatable bonds is 7. The lowest BCUT2D eigenvalue weighted by Gasteiger charge is -2.55. The van der Waals surface area contributed by atoms with Gasteiger partial charge in [-0.15, -0.1) is 0 Å². The number of piperidine rings is 1. The summed E-state index contributed by atoms with van der Waals surface area (Å²) in [5.41, 5.74) is 10.2. The maximum Gasteiger partial charge on any atom is 0.262 e. The summed E-state index contributed by atoms with van der Waals surface area (Å²) >= 11 is 0. The fourth-order valence-corrected chi connectivity index (χ4v) is 9.43. The molecule has 8 heterocycles. The third kappa shape index (κ3) is 6.14. The van der Waals surface area contributed by atoms with Crippen LogP contribution >= 0.6 is 0 Å². The van der Waals surface area contributed by atoms with E-state index in [0.29, 0.717) is 41.6 Å². The van der Waals surface area contributed by atoms with Crippen LogP contribution in [0.15, 0.2) is 67.0 Å². The first-order valence-corrected chi connectivity index (χ1v) is 20.3. The first kappa shape index (κ1) is 35.7. The van der Waals surface area contributed by atoms with Crippen molar-refractivity contribution in [3.05, 3.63) is 94.8 Å². The zero-order chi connectivity index (χ0) is 39.9. The number of hydrogen-bond acceptors (Lipinski definition) is 13. The summed E-state index contributed by atoms with van der Waals surface area (Å²) in [5.74, 6) is -0.731. The summed E-state index contributed by atoms with van der Waals surface area (Å²) in [6.07, 6.45) is 4.96. The summed E-state index contributed by atoms with van der Waals surface area (Å²) in [4.78, 5) is 73.0. The molecule has 298 valence electrons. The number of benzene rings is 3. The summed E-state index contributed by atoms with van der Waals surface area (Å²) in [6.45, 7) is 9.16. The van der Waals surface area contributed by atoms with Crippen molar-refractivity contribution in [2.75, 3.05) is 61.4 Å². The molecule has 0 spiro atoms. The monoisotopic (exact) mass is 790 g/mol. The van der Waals surface area contributed by atoms with E-state index in [1.165, 1.54) is 11.1 Å². The SMILES string of the molecule is Cc1c(-c2ccc3cnc(Nc4ccc5c(c4)CCN(C4CN(C6CN(c7ccc8c(c7)C(=O)N(C7CCC(=O)NC7=O)C8=O)C6)C4)C5)nc3c2)cnc2c1NCCO2. The van der Waals surface area contributed by atoms with E-state index in [4.69, 9.17) is 9.72 Å². The number of nitrogens with zero attached hydrogens (tertiary/aromatic N) is 7. The molecule has 5 aromatic rings. The van der Waals surface area contributed by atoms with Crippen molar-refractivity contribution in [2.24, 2.45) is 0 Å². The highest BCUT2D eigenvalue weighted by atomic mass is 16.5. The zero-order valence-electron chi connectivity index (χ0n) is 32.5. The number of ether oxygens (including phenoxy) is 1. The lowest BCUT2D eigenvalue weighted by molar-refractivity contribution is -0.136. The quantitative estimate of drug-likeness (QED) is 0.204. The molecule has 2 aromatic heterocycles. The molecule has 59 heavy (non-hydrogen) atoms. The average molecular weight is 791 g/mol. The van der Waals surface area contributed by atoms with Crippen LogP contribution in [-0.4, -0.2) is 117 Å². The number of pyridine rings is 1. The molecule has 6 aliphatic rings. The molecular formula is C44H42N10O5. The van der Waals surface area contributed by atoms with Crippen molar-refractivity contribution in [1.29, 1.82) is 0 Å². The Kier molecular flexibility index (Phi) is 8.37. The van der Waals surface area contributed by atoms with Crippen LogP contribution in [0.4, 0.5) is 23.0 Å². The van der Waals surface area contributed by atoms with Crippen LogP contribution in [-0.2, 0) is 22.6 Å². The highest BCUT2D eigenvalue weighted by molar-refractivity contribution is 6.23. The van der Waals surface area contributed by atoms with E-state index >= 15 is 0 Å². The predicted octanol–water partition coefficient (Wildman–Crippen LogP) is 3.88. The number of imide groups is 2. The Hall–Kier alpha value is -6.45. The average Bonchev–Trinajstić information content (AvgIpc) is 3.45. The molecule has 3 aromatic carbocycles. The Labute approximate surface area is 339 Å². The number of nitrogens with one attached hydrogen (secondary N) is 3. The number of hydrogen-bond donors (Lipinski definition) is 3. The Morgan fingerprint density at radius 2 is 1.66 bits per heavy atom. The first-order valence-electron chi connectivity index (χ1n) is 20.3. The van der Waals surface area contributed by atoms with Gasteiger partial charge in [-0.3, -0.25) is 39.2 Å². The van der Waals surface area contributed by atoms with E-state index in [-0.39, 0.29) is 18.7 Å². The van der Waals surface area contributed by atoms with Gasteiger partial charge in [-0.25, -0.2) is 15.0 Å². The van der Waals surface area contributed by atoms with Crippen LogP contribution in [0.5, 0.6) is 5.88 Å². The van der Waals surface area contributed by atoms with Gasteiger partial charge in [0.05, 0.1) is 16.6 Å². The third-order valence-electron chi connectivity index (χ3n) is 12.9. The first-order chi connectivity index (χ1) is 28.7. The largest absolute Gasteiger partial charge is 0.474 e. The highest BCUT2D eigenvalue weighted by Gasteiger charge is 2.46. The maximum atomic E-state index is 13.3. The number of amides is 4. The third-order valence-corrected chi connectivity index (χ3v) is 12.9. The Balaban J connectivity index is 0.688. The molecule has 4 amide bonds. The van der Waals surface area contributed by atoms with Gasteiger partial charge in [0, 0.05) is 99.0 Å². The molecule has 6 aliphatic heterocycles. The molecule has 0 aliphatic carbocycles. The molecule has 15 heteroatoms. The molecule has 0 saturated carbocycles. The summed E-state index contributed by atoms with van der Waals surface area (Å²) in [7, 11) is 0. The number of carbonyl (C=O) groups is 4. The molecule has 3 fully saturated rings. The zero-order valence-corrected chi connectivity index (χ0v) is 32.5. The van der Waals surface area contributed by atoms with E-state index in [2.05, 4.69) is 83.9 Å². The van der Waals surface area contributed by atoms with Crippen molar-refractivity contribution in [2.45, 2.75) is 50.9 Å². The summed E-state index contributed by atoms with van der Waals surface area (Å²) < 4.78 is 5.72. The molecular weight excluding hydrogens is 749 g/mol. The van der Waals surface area contributed by atoms with E-state index in [1.54, 1.807) is 12.1 Å².